The predicted molar refractivity (Wildman–Crippen MR) is 74.0 cm³/mol. The summed E-state index contributed by atoms with van der Waals surface area (Å²) in [5.74, 6) is 0.0614. The van der Waals surface area contributed by atoms with E-state index in [0.29, 0.717) is 25.9 Å². The first-order valence-corrected chi connectivity index (χ1v) is 8.18. The molecule has 1 aromatic rings. The second-order valence-electron chi connectivity index (χ2n) is 4.92. The van der Waals surface area contributed by atoms with E-state index in [0.717, 1.165) is 5.56 Å². The number of hydrogen-bond acceptors (Lipinski definition) is 3. The van der Waals surface area contributed by atoms with E-state index in [1.54, 1.807) is 0 Å². The molecule has 5 heteroatoms. The van der Waals surface area contributed by atoms with Crippen LogP contribution in [0.5, 0.6) is 0 Å². The summed E-state index contributed by atoms with van der Waals surface area (Å²) in [4.78, 5) is 11.6. The number of sulfonamides is 1. The molecule has 0 N–H and O–H groups in total. The van der Waals surface area contributed by atoms with Gasteiger partial charge in [-0.3, -0.25) is 4.79 Å². The standard InChI is InChI=1S/C14H19NO3S/c1-2-13-10-15(9-8-14(13)16)19(17,18)11-12-6-4-3-5-7-12/h3-7,13H,2,8-11H2,1H3. The Morgan fingerprint density at radius 3 is 2.58 bits per heavy atom. The molecule has 2 rings (SSSR count). The van der Waals surface area contributed by atoms with E-state index >= 15 is 0 Å². The van der Waals surface area contributed by atoms with Gasteiger partial charge in [-0.1, -0.05) is 37.3 Å². The van der Waals surface area contributed by atoms with Crippen LogP contribution in [0.3, 0.4) is 0 Å². The summed E-state index contributed by atoms with van der Waals surface area (Å²) in [7, 11) is -3.32. The SMILES string of the molecule is CCC1CN(S(=O)(=O)Cc2ccccc2)CCC1=O. The minimum Gasteiger partial charge on any atom is -0.299 e. The Kier molecular flexibility index (Phi) is 4.37. The Morgan fingerprint density at radius 2 is 1.95 bits per heavy atom. The van der Waals surface area contributed by atoms with Crippen LogP contribution in [-0.4, -0.2) is 31.6 Å². The molecule has 104 valence electrons. The number of carbonyl (C=O) groups is 1. The van der Waals surface area contributed by atoms with Gasteiger partial charge in [0, 0.05) is 25.4 Å². The van der Waals surface area contributed by atoms with Crippen molar-refractivity contribution in [3.63, 3.8) is 0 Å². The summed E-state index contributed by atoms with van der Waals surface area (Å²) in [6, 6.07) is 9.15. The van der Waals surface area contributed by atoms with Crippen LogP contribution < -0.4 is 0 Å². The van der Waals surface area contributed by atoms with E-state index in [1.807, 2.05) is 37.3 Å². The molecule has 0 radical (unpaired) electrons. The molecule has 0 aromatic heterocycles. The number of ketones is 1. The Hall–Kier alpha value is -1.20. The first kappa shape index (κ1) is 14.2. The monoisotopic (exact) mass is 281 g/mol. The van der Waals surface area contributed by atoms with E-state index in [4.69, 9.17) is 0 Å². The lowest BCUT2D eigenvalue weighted by Gasteiger charge is -2.30. The highest BCUT2D eigenvalue weighted by Crippen LogP contribution is 2.21. The summed E-state index contributed by atoms with van der Waals surface area (Å²) in [5, 5.41) is 0. The average molecular weight is 281 g/mol. The molecule has 19 heavy (non-hydrogen) atoms. The zero-order valence-corrected chi connectivity index (χ0v) is 11.9. The molecule has 0 saturated carbocycles. The average Bonchev–Trinajstić information content (AvgIpc) is 2.39. The predicted octanol–water partition coefficient (Wildman–Crippen LogP) is 1.82. The van der Waals surface area contributed by atoms with Crippen LogP contribution in [0.2, 0.25) is 0 Å². The third-order valence-electron chi connectivity index (χ3n) is 3.57. The lowest BCUT2D eigenvalue weighted by Crippen LogP contribution is -2.44. The molecule has 1 aromatic carbocycles. The number of rotatable bonds is 4. The Labute approximate surface area is 114 Å². The number of nitrogens with zero attached hydrogens (tertiary/aromatic N) is 1. The normalized spacial score (nSPS) is 21.5. The smallest absolute Gasteiger partial charge is 0.218 e. The van der Waals surface area contributed by atoms with Crippen LogP contribution >= 0.6 is 0 Å². The van der Waals surface area contributed by atoms with Crippen molar-refractivity contribution in [2.24, 2.45) is 5.92 Å². The highest BCUT2D eigenvalue weighted by atomic mass is 32.2. The number of benzene rings is 1. The van der Waals surface area contributed by atoms with Crippen molar-refractivity contribution in [3.8, 4) is 0 Å². The van der Waals surface area contributed by atoms with Crippen molar-refractivity contribution >= 4 is 15.8 Å². The molecule has 1 atom stereocenters. The topological polar surface area (TPSA) is 54.5 Å². The van der Waals surface area contributed by atoms with Crippen molar-refractivity contribution in [1.82, 2.24) is 4.31 Å². The Balaban J connectivity index is 2.10. The quantitative estimate of drug-likeness (QED) is 0.846. The van der Waals surface area contributed by atoms with E-state index < -0.39 is 10.0 Å². The Bertz CT molecular complexity index is 539. The summed E-state index contributed by atoms with van der Waals surface area (Å²) < 4.78 is 26.1. The van der Waals surface area contributed by atoms with Gasteiger partial charge in [0.2, 0.25) is 10.0 Å². The van der Waals surface area contributed by atoms with Crippen LogP contribution in [0, 0.1) is 5.92 Å². The third kappa shape index (κ3) is 3.42. The molecular formula is C14H19NO3S. The van der Waals surface area contributed by atoms with Crippen LogP contribution in [0.25, 0.3) is 0 Å². The maximum absolute atomic E-state index is 12.3. The molecule has 1 aliphatic heterocycles. The number of Topliss-reactive ketones (excluding diaryl/α,β-unsaturated/α-hetero) is 1. The van der Waals surface area contributed by atoms with Crippen molar-refractivity contribution < 1.29 is 13.2 Å². The zero-order chi connectivity index (χ0) is 13.9. The molecule has 0 aliphatic carbocycles. The molecule has 4 nitrogen and oxygen atoms in total. The first-order valence-electron chi connectivity index (χ1n) is 6.57. The molecule has 0 bridgehead atoms. The third-order valence-corrected chi connectivity index (χ3v) is 5.38. The summed E-state index contributed by atoms with van der Waals surface area (Å²) in [6.07, 6.45) is 1.04. The van der Waals surface area contributed by atoms with Gasteiger partial charge < -0.3 is 0 Å². The van der Waals surface area contributed by atoms with E-state index in [9.17, 15) is 13.2 Å². The van der Waals surface area contributed by atoms with Gasteiger partial charge in [-0.2, -0.15) is 0 Å². The summed E-state index contributed by atoms with van der Waals surface area (Å²) >= 11 is 0. The largest absolute Gasteiger partial charge is 0.299 e. The molecular weight excluding hydrogens is 262 g/mol. The van der Waals surface area contributed by atoms with Crippen molar-refractivity contribution in [1.29, 1.82) is 0 Å². The highest BCUT2D eigenvalue weighted by Gasteiger charge is 2.32. The fourth-order valence-corrected chi connectivity index (χ4v) is 3.94. The fourth-order valence-electron chi connectivity index (χ4n) is 2.36. The number of carbonyl (C=O) groups excluding carboxylic acids is 1. The lowest BCUT2D eigenvalue weighted by atomic mass is 9.96. The van der Waals surface area contributed by atoms with Crippen molar-refractivity contribution in [3.05, 3.63) is 35.9 Å². The lowest BCUT2D eigenvalue weighted by molar-refractivity contribution is -0.125. The molecule has 1 fully saturated rings. The van der Waals surface area contributed by atoms with E-state index in [1.165, 1.54) is 4.31 Å². The van der Waals surface area contributed by atoms with Crippen LogP contribution in [0.15, 0.2) is 30.3 Å². The molecule has 0 amide bonds. The van der Waals surface area contributed by atoms with Crippen molar-refractivity contribution in [2.75, 3.05) is 13.1 Å². The van der Waals surface area contributed by atoms with Crippen LogP contribution in [0.1, 0.15) is 25.3 Å². The molecule has 1 unspecified atom stereocenters. The molecule has 1 heterocycles. The highest BCUT2D eigenvalue weighted by molar-refractivity contribution is 7.88. The minimum atomic E-state index is -3.32. The second-order valence-corrected chi connectivity index (χ2v) is 6.89. The number of piperidine rings is 1. The van der Waals surface area contributed by atoms with Gasteiger partial charge in [0.05, 0.1) is 5.75 Å². The van der Waals surface area contributed by atoms with Crippen LogP contribution in [0.4, 0.5) is 0 Å². The summed E-state index contributed by atoms with van der Waals surface area (Å²) in [5.41, 5.74) is 0.785. The van der Waals surface area contributed by atoms with Crippen LogP contribution in [-0.2, 0) is 20.6 Å². The van der Waals surface area contributed by atoms with Gasteiger partial charge in [-0.05, 0) is 12.0 Å². The Morgan fingerprint density at radius 1 is 1.26 bits per heavy atom. The van der Waals surface area contributed by atoms with Crippen molar-refractivity contribution in [2.45, 2.75) is 25.5 Å². The maximum Gasteiger partial charge on any atom is 0.218 e. The van der Waals surface area contributed by atoms with Gasteiger partial charge in [-0.25, -0.2) is 12.7 Å². The maximum atomic E-state index is 12.3. The minimum absolute atomic E-state index is 0.0124. The fraction of sp³-hybridized carbons (Fsp3) is 0.500. The molecule has 1 aliphatic rings. The van der Waals surface area contributed by atoms with Gasteiger partial charge >= 0.3 is 0 Å². The van der Waals surface area contributed by atoms with E-state index in [-0.39, 0.29) is 17.5 Å². The first-order chi connectivity index (χ1) is 9.03. The second kappa shape index (κ2) is 5.84. The summed E-state index contributed by atoms with van der Waals surface area (Å²) in [6.45, 7) is 2.59. The zero-order valence-electron chi connectivity index (χ0n) is 11.1. The molecule has 1 saturated heterocycles. The molecule has 0 spiro atoms. The van der Waals surface area contributed by atoms with Gasteiger partial charge in [0.1, 0.15) is 5.78 Å². The number of hydrogen-bond donors (Lipinski definition) is 0. The van der Waals surface area contributed by atoms with Gasteiger partial charge in [-0.15, -0.1) is 0 Å². The van der Waals surface area contributed by atoms with E-state index in [2.05, 4.69) is 0 Å². The van der Waals surface area contributed by atoms with Gasteiger partial charge in [0.25, 0.3) is 0 Å². The van der Waals surface area contributed by atoms with Gasteiger partial charge in [0.15, 0.2) is 0 Å².